The van der Waals surface area contributed by atoms with E-state index in [9.17, 15) is 4.39 Å². The van der Waals surface area contributed by atoms with Crippen molar-refractivity contribution in [2.75, 3.05) is 14.2 Å². The highest BCUT2D eigenvalue weighted by atomic mass is 35.5. The standard InChI is InChI=1S/C14H21ClFNO/c1-4-5-14(18-3)13(17-2)9-10-6-7-11(15)12(16)8-10/h6-8,13-14,17H,4-5,9H2,1-3H3. The van der Waals surface area contributed by atoms with E-state index in [1.54, 1.807) is 13.2 Å². The molecule has 0 heterocycles. The summed E-state index contributed by atoms with van der Waals surface area (Å²) >= 11 is 5.68. The van der Waals surface area contributed by atoms with Crippen LogP contribution in [0.4, 0.5) is 4.39 Å². The molecule has 1 aromatic carbocycles. The second kappa shape index (κ2) is 7.72. The summed E-state index contributed by atoms with van der Waals surface area (Å²) in [6, 6.07) is 5.12. The van der Waals surface area contributed by atoms with Crippen molar-refractivity contribution in [3.05, 3.63) is 34.6 Å². The van der Waals surface area contributed by atoms with Crippen LogP contribution in [0.3, 0.4) is 0 Å². The number of methoxy groups -OCH3 is 1. The molecule has 4 heteroatoms. The number of benzene rings is 1. The molecule has 0 saturated heterocycles. The third-order valence-corrected chi connectivity index (χ3v) is 3.44. The normalized spacial score (nSPS) is 14.5. The summed E-state index contributed by atoms with van der Waals surface area (Å²) in [5.74, 6) is -0.367. The van der Waals surface area contributed by atoms with Crippen LogP contribution in [-0.4, -0.2) is 26.3 Å². The number of likely N-dealkylation sites (N-methyl/N-ethyl adjacent to an activating group) is 1. The number of rotatable bonds is 7. The molecule has 1 aromatic rings. The topological polar surface area (TPSA) is 21.3 Å². The van der Waals surface area contributed by atoms with Crippen molar-refractivity contribution < 1.29 is 9.13 Å². The molecule has 0 aliphatic rings. The van der Waals surface area contributed by atoms with Gasteiger partial charge in [0.15, 0.2) is 0 Å². The second-order valence-corrected chi connectivity index (χ2v) is 4.82. The van der Waals surface area contributed by atoms with Gasteiger partial charge in [-0.1, -0.05) is 31.0 Å². The molecule has 2 atom stereocenters. The van der Waals surface area contributed by atoms with Crippen molar-refractivity contribution in [3.63, 3.8) is 0 Å². The van der Waals surface area contributed by atoms with Crippen LogP contribution in [0.1, 0.15) is 25.3 Å². The number of halogens is 2. The van der Waals surface area contributed by atoms with E-state index >= 15 is 0 Å². The monoisotopic (exact) mass is 273 g/mol. The van der Waals surface area contributed by atoms with Crippen molar-refractivity contribution in [1.82, 2.24) is 5.32 Å². The predicted molar refractivity (Wildman–Crippen MR) is 73.7 cm³/mol. The van der Waals surface area contributed by atoms with Crippen molar-refractivity contribution in [1.29, 1.82) is 0 Å². The van der Waals surface area contributed by atoms with E-state index in [2.05, 4.69) is 12.2 Å². The van der Waals surface area contributed by atoms with Gasteiger partial charge in [-0.25, -0.2) is 4.39 Å². The molecule has 0 aliphatic heterocycles. The average Bonchev–Trinajstić information content (AvgIpc) is 2.37. The Bertz CT molecular complexity index is 373. The lowest BCUT2D eigenvalue weighted by atomic mass is 9.98. The fourth-order valence-corrected chi connectivity index (χ4v) is 2.23. The van der Waals surface area contributed by atoms with Crippen LogP contribution in [0.25, 0.3) is 0 Å². The number of hydrogen-bond acceptors (Lipinski definition) is 2. The third kappa shape index (κ3) is 4.23. The molecular formula is C14H21ClFNO. The van der Waals surface area contributed by atoms with Gasteiger partial charge < -0.3 is 10.1 Å². The van der Waals surface area contributed by atoms with E-state index in [1.165, 1.54) is 6.07 Å². The first-order valence-corrected chi connectivity index (χ1v) is 6.64. The number of ether oxygens (including phenoxy) is 1. The molecule has 1 N–H and O–H groups in total. The van der Waals surface area contributed by atoms with Crippen LogP contribution in [0.15, 0.2) is 18.2 Å². The molecule has 0 saturated carbocycles. The first kappa shape index (κ1) is 15.4. The summed E-state index contributed by atoms with van der Waals surface area (Å²) in [6.07, 6.45) is 2.91. The summed E-state index contributed by atoms with van der Waals surface area (Å²) in [7, 11) is 3.62. The van der Waals surface area contributed by atoms with Crippen LogP contribution in [-0.2, 0) is 11.2 Å². The Kier molecular flexibility index (Phi) is 6.61. The van der Waals surface area contributed by atoms with Crippen LogP contribution >= 0.6 is 11.6 Å². The highest BCUT2D eigenvalue weighted by molar-refractivity contribution is 6.30. The quantitative estimate of drug-likeness (QED) is 0.822. The van der Waals surface area contributed by atoms with Crippen molar-refractivity contribution in [2.24, 2.45) is 0 Å². The lowest BCUT2D eigenvalue weighted by Gasteiger charge is -2.25. The molecular weight excluding hydrogens is 253 g/mol. The fourth-order valence-electron chi connectivity index (χ4n) is 2.11. The molecule has 1 rings (SSSR count). The van der Waals surface area contributed by atoms with Gasteiger partial charge in [-0.15, -0.1) is 0 Å². The average molecular weight is 274 g/mol. The highest BCUT2D eigenvalue weighted by Crippen LogP contribution is 2.18. The molecule has 102 valence electrons. The maximum Gasteiger partial charge on any atom is 0.142 e. The van der Waals surface area contributed by atoms with Crippen molar-refractivity contribution >= 4 is 11.6 Å². The first-order valence-electron chi connectivity index (χ1n) is 6.26. The van der Waals surface area contributed by atoms with Gasteiger partial charge in [0.1, 0.15) is 5.82 Å². The maximum absolute atomic E-state index is 13.4. The smallest absolute Gasteiger partial charge is 0.142 e. The third-order valence-electron chi connectivity index (χ3n) is 3.14. The summed E-state index contributed by atoms with van der Waals surface area (Å²) in [5, 5.41) is 3.40. The minimum atomic E-state index is -0.367. The predicted octanol–water partition coefficient (Wildman–Crippen LogP) is 3.42. The molecule has 2 unspecified atom stereocenters. The molecule has 2 nitrogen and oxygen atoms in total. The SMILES string of the molecule is CCCC(OC)C(Cc1ccc(Cl)c(F)c1)NC. The Balaban J connectivity index is 2.74. The second-order valence-electron chi connectivity index (χ2n) is 4.41. The van der Waals surface area contributed by atoms with Gasteiger partial charge in [-0.3, -0.25) is 0 Å². The van der Waals surface area contributed by atoms with Gasteiger partial charge in [0, 0.05) is 13.2 Å². The van der Waals surface area contributed by atoms with E-state index in [-0.39, 0.29) is 23.0 Å². The molecule has 0 bridgehead atoms. The number of nitrogens with one attached hydrogen (secondary N) is 1. The Morgan fingerprint density at radius 2 is 2.17 bits per heavy atom. The Morgan fingerprint density at radius 3 is 2.67 bits per heavy atom. The largest absolute Gasteiger partial charge is 0.380 e. The summed E-state index contributed by atoms with van der Waals surface area (Å²) in [4.78, 5) is 0. The van der Waals surface area contributed by atoms with Crippen molar-refractivity contribution in [2.45, 2.75) is 38.3 Å². The highest BCUT2D eigenvalue weighted by Gasteiger charge is 2.19. The lowest BCUT2D eigenvalue weighted by Crippen LogP contribution is -2.40. The van der Waals surface area contributed by atoms with Crippen LogP contribution in [0, 0.1) is 5.82 Å². The minimum Gasteiger partial charge on any atom is -0.380 e. The number of hydrogen-bond donors (Lipinski definition) is 1. The van der Waals surface area contributed by atoms with E-state index in [4.69, 9.17) is 16.3 Å². The van der Waals surface area contributed by atoms with Crippen LogP contribution in [0.2, 0.25) is 5.02 Å². The molecule has 0 aliphatic carbocycles. The van der Waals surface area contributed by atoms with Crippen LogP contribution in [0.5, 0.6) is 0 Å². The van der Waals surface area contributed by atoms with Gasteiger partial charge >= 0.3 is 0 Å². The van der Waals surface area contributed by atoms with E-state index < -0.39 is 0 Å². The molecule has 18 heavy (non-hydrogen) atoms. The molecule has 0 aromatic heterocycles. The fraction of sp³-hybridized carbons (Fsp3) is 0.571. The van der Waals surface area contributed by atoms with Crippen molar-refractivity contribution in [3.8, 4) is 0 Å². The Morgan fingerprint density at radius 1 is 1.44 bits per heavy atom. The molecule has 0 radical (unpaired) electrons. The van der Waals surface area contributed by atoms with E-state index in [0.29, 0.717) is 0 Å². The summed E-state index contributed by atoms with van der Waals surface area (Å²) < 4.78 is 18.9. The van der Waals surface area contributed by atoms with Gasteiger partial charge in [-0.2, -0.15) is 0 Å². The van der Waals surface area contributed by atoms with Gasteiger partial charge in [-0.05, 0) is 37.6 Å². The molecule has 0 fully saturated rings. The van der Waals surface area contributed by atoms with E-state index in [0.717, 1.165) is 24.8 Å². The van der Waals surface area contributed by atoms with Crippen LogP contribution < -0.4 is 5.32 Å². The van der Waals surface area contributed by atoms with E-state index in [1.807, 2.05) is 13.1 Å². The minimum absolute atomic E-state index is 0.138. The zero-order valence-electron chi connectivity index (χ0n) is 11.2. The van der Waals surface area contributed by atoms with Gasteiger partial charge in [0.05, 0.1) is 11.1 Å². The Labute approximate surface area is 113 Å². The zero-order valence-corrected chi connectivity index (χ0v) is 11.9. The lowest BCUT2D eigenvalue weighted by molar-refractivity contribution is 0.0633. The zero-order chi connectivity index (χ0) is 13.5. The maximum atomic E-state index is 13.4. The van der Waals surface area contributed by atoms with Gasteiger partial charge in [0.25, 0.3) is 0 Å². The molecule has 0 spiro atoms. The first-order chi connectivity index (χ1) is 8.62. The summed E-state index contributed by atoms with van der Waals surface area (Å²) in [6.45, 7) is 2.13. The molecule has 0 amide bonds. The summed E-state index contributed by atoms with van der Waals surface area (Å²) in [5.41, 5.74) is 0.925. The van der Waals surface area contributed by atoms with Gasteiger partial charge in [0.2, 0.25) is 0 Å². The Hall–Kier alpha value is -0.640.